The summed E-state index contributed by atoms with van der Waals surface area (Å²) in [5.41, 5.74) is 3.73. The molecular formula is C16H19N3. The molecule has 1 atom stereocenters. The normalized spacial score (nSPS) is 17.3. The minimum Gasteiger partial charge on any atom is -0.329 e. The van der Waals surface area contributed by atoms with Crippen LogP contribution in [0.4, 0.5) is 11.5 Å². The van der Waals surface area contributed by atoms with E-state index in [1.165, 1.54) is 16.9 Å². The number of aromatic nitrogens is 2. The SMILES string of the molecule is Cc1nc2c(c(N(C)c3ccccc3)n1)CC(C)C2. The van der Waals surface area contributed by atoms with E-state index in [-0.39, 0.29) is 0 Å². The topological polar surface area (TPSA) is 29.0 Å². The number of nitrogens with zero attached hydrogens (tertiary/aromatic N) is 3. The largest absolute Gasteiger partial charge is 0.329 e. The first-order valence-electron chi connectivity index (χ1n) is 6.80. The molecule has 0 saturated heterocycles. The van der Waals surface area contributed by atoms with E-state index in [0.29, 0.717) is 5.92 Å². The van der Waals surface area contributed by atoms with Crippen LogP contribution in [0.2, 0.25) is 0 Å². The lowest BCUT2D eigenvalue weighted by Crippen LogP contribution is -2.15. The second-order valence-electron chi connectivity index (χ2n) is 5.43. The quantitative estimate of drug-likeness (QED) is 0.822. The van der Waals surface area contributed by atoms with Crippen LogP contribution in [0, 0.1) is 12.8 Å². The Hall–Kier alpha value is -1.90. The molecule has 1 heterocycles. The van der Waals surface area contributed by atoms with E-state index in [4.69, 9.17) is 0 Å². The number of rotatable bonds is 2. The maximum atomic E-state index is 4.67. The first kappa shape index (κ1) is 12.2. The average Bonchev–Trinajstić information content (AvgIpc) is 2.78. The Kier molecular flexibility index (Phi) is 2.97. The molecule has 19 heavy (non-hydrogen) atoms. The number of hydrogen-bond acceptors (Lipinski definition) is 3. The van der Waals surface area contributed by atoms with Crippen LogP contribution in [0.1, 0.15) is 24.0 Å². The van der Waals surface area contributed by atoms with Gasteiger partial charge < -0.3 is 4.90 Å². The fraction of sp³-hybridized carbons (Fsp3) is 0.375. The van der Waals surface area contributed by atoms with Gasteiger partial charge in [0.25, 0.3) is 0 Å². The van der Waals surface area contributed by atoms with Crippen LogP contribution < -0.4 is 4.90 Å². The van der Waals surface area contributed by atoms with Crippen LogP contribution in [0.15, 0.2) is 30.3 Å². The molecule has 0 radical (unpaired) electrons. The van der Waals surface area contributed by atoms with Gasteiger partial charge in [-0.15, -0.1) is 0 Å². The third-order valence-corrected chi connectivity index (χ3v) is 3.74. The van der Waals surface area contributed by atoms with Crippen LogP contribution >= 0.6 is 0 Å². The average molecular weight is 253 g/mol. The van der Waals surface area contributed by atoms with Gasteiger partial charge in [-0.2, -0.15) is 0 Å². The second-order valence-corrected chi connectivity index (χ2v) is 5.43. The zero-order chi connectivity index (χ0) is 13.4. The van der Waals surface area contributed by atoms with Gasteiger partial charge in [-0.3, -0.25) is 0 Å². The smallest absolute Gasteiger partial charge is 0.139 e. The highest BCUT2D eigenvalue weighted by Crippen LogP contribution is 2.34. The third kappa shape index (κ3) is 2.21. The molecule has 0 N–H and O–H groups in total. The van der Waals surface area contributed by atoms with Crippen molar-refractivity contribution >= 4 is 11.5 Å². The summed E-state index contributed by atoms with van der Waals surface area (Å²) in [4.78, 5) is 11.4. The zero-order valence-corrected chi connectivity index (χ0v) is 11.7. The predicted octanol–water partition coefficient (Wildman–Crippen LogP) is 3.29. The monoisotopic (exact) mass is 253 g/mol. The van der Waals surface area contributed by atoms with Gasteiger partial charge in [0.2, 0.25) is 0 Å². The lowest BCUT2D eigenvalue weighted by molar-refractivity contribution is 0.623. The highest BCUT2D eigenvalue weighted by Gasteiger charge is 2.25. The van der Waals surface area contributed by atoms with E-state index < -0.39 is 0 Å². The Morgan fingerprint density at radius 1 is 1.11 bits per heavy atom. The lowest BCUT2D eigenvalue weighted by Gasteiger charge is -2.21. The van der Waals surface area contributed by atoms with E-state index >= 15 is 0 Å². The minimum absolute atomic E-state index is 0.675. The Bertz CT molecular complexity index is 592. The van der Waals surface area contributed by atoms with Crippen molar-refractivity contribution in [2.45, 2.75) is 26.7 Å². The van der Waals surface area contributed by atoms with Gasteiger partial charge in [0.15, 0.2) is 0 Å². The zero-order valence-electron chi connectivity index (χ0n) is 11.7. The molecule has 3 heteroatoms. The number of para-hydroxylation sites is 1. The number of benzene rings is 1. The van der Waals surface area contributed by atoms with Gasteiger partial charge in [-0.1, -0.05) is 25.1 Å². The van der Waals surface area contributed by atoms with Crippen LogP contribution in [-0.4, -0.2) is 17.0 Å². The molecule has 1 aliphatic carbocycles. The third-order valence-electron chi connectivity index (χ3n) is 3.74. The molecule has 0 saturated carbocycles. The van der Waals surface area contributed by atoms with Crippen LogP contribution in [-0.2, 0) is 12.8 Å². The summed E-state index contributed by atoms with van der Waals surface area (Å²) in [6.07, 6.45) is 2.16. The van der Waals surface area contributed by atoms with Gasteiger partial charge in [0, 0.05) is 24.0 Å². The summed E-state index contributed by atoms with van der Waals surface area (Å²) in [5.74, 6) is 2.61. The van der Waals surface area contributed by atoms with Crippen molar-refractivity contribution in [1.29, 1.82) is 0 Å². The Labute approximate surface area is 114 Å². The molecule has 2 aromatic rings. The molecule has 3 rings (SSSR count). The summed E-state index contributed by atoms with van der Waals surface area (Å²) < 4.78 is 0. The number of aryl methyl sites for hydroxylation is 1. The van der Waals surface area contributed by atoms with Crippen molar-refractivity contribution in [3.63, 3.8) is 0 Å². The fourth-order valence-electron chi connectivity index (χ4n) is 2.82. The fourth-order valence-corrected chi connectivity index (χ4v) is 2.82. The van der Waals surface area contributed by atoms with Crippen molar-refractivity contribution in [2.24, 2.45) is 5.92 Å². The van der Waals surface area contributed by atoms with Gasteiger partial charge in [0.05, 0.1) is 0 Å². The lowest BCUT2D eigenvalue weighted by atomic mass is 10.1. The molecule has 0 fully saturated rings. The van der Waals surface area contributed by atoms with E-state index in [2.05, 4.69) is 53.1 Å². The highest BCUT2D eigenvalue weighted by molar-refractivity contribution is 5.63. The Morgan fingerprint density at radius 2 is 1.84 bits per heavy atom. The molecule has 1 aromatic carbocycles. The maximum Gasteiger partial charge on any atom is 0.139 e. The summed E-state index contributed by atoms with van der Waals surface area (Å²) >= 11 is 0. The Balaban J connectivity index is 2.06. The molecule has 1 aromatic heterocycles. The molecule has 0 bridgehead atoms. The maximum absolute atomic E-state index is 4.67. The van der Waals surface area contributed by atoms with Crippen molar-refractivity contribution in [1.82, 2.24) is 9.97 Å². The number of hydrogen-bond donors (Lipinski definition) is 0. The molecule has 1 aliphatic rings. The van der Waals surface area contributed by atoms with Crippen LogP contribution in [0.3, 0.4) is 0 Å². The summed E-state index contributed by atoms with van der Waals surface area (Å²) in [5, 5.41) is 0. The van der Waals surface area contributed by atoms with Gasteiger partial charge in [0.1, 0.15) is 11.6 Å². The molecule has 1 unspecified atom stereocenters. The molecule has 3 nitrogen and oxygen atoms in total. The first-order chi connectivity index (χ1) is 9.15. The van der Waals surface area contributed by atoms with Crippen LogP contribution in [0.5, 0.6) is 0 Å². The summed E-state index contributed by atoms with van der Waals surface area (Å²) in [7, 11) is 2.08. The first-order valence-corrected chi connectivity index (χ1v) is 6.80. The van der Waals surface area contributed by atoms with Crippen LogP contribution in [0.25, 0.3) is 0 Å². The van der Waals surface area contributed by atoms with E-state index in [9.17, 15) is 0 Å². The molecule has 0 amide bonds. The van der Waals surface area contributed by atoms with Crippen molar-refractivity contribution < 1.29 is 0 Å². The van der Waals surface area contributed by atoms with Crippen molar-refractivity contribution in [3.05, 3.63) is 47.4 Å². The molecular weight excluding hydrogens is 234 g/mol. The number of fused-ring (bicyclic) bond motifs is 1. The second kappa shape index (κ2) is 4.65. The predicted molar refractivity (Wildman–Crippen MR) is 77.8 cm³/mol. The molecule has 0 aliphatic heterocycles. The van der Waals surface area contributed by atoms with E-state index in [1.54, 1.807) is 0 Å². The summed E-state index contributed by atoms with van der Waals surface area (Å²) in [6, 6.07) is 10.4. The Morgan fingerprint density at radius 3 is 2.58 bits per heavy atom. The molecule has 98 valence electrons. The summed E-state index contributed by atoms with van der Waals surface area (Å²) in [6.45, 7) is 4.26. The van der Waals surface area contributed by atoms with Gasteiger partial charge >= 0.3 is 0 Å². The number of anilines is 2. The van der Waals surface area contributed by atoms with Crippen molar-refractivity contribution in [3.8, 4) is 0 Å². The van der Waals surface area contributed by atoms with E-state index in [1.807, 2.05) is 13.0 Å². The van der Waals surface area contributed by atoms with Gasteiger partial charge in [-0.05, 0) is 37.8 Å². The van der Waals surface area contributed by atoms with Crippen molar-refractivity contribution in [2.75, 3.05) is 11.9 Å². The minimum atomic E-state index is 0.675. The standard InChI is InChI=1S/C16H19N3/c1-11-9-14-15(10-11)17-12(2)18-16(14)19(3)13-7-5-4-6-8-13/h4-8,11H,9-10H2,1-3H3. The van der Waals surface area contributed by atoms with Gasteiger partial charge in [-0.25, -0.2) is 9.97 Å². The molecule has 0 spiro atoms. The highest BCUT2D eigenvalue weighted by atomic mass is 15.2. The van der Waals surface area contributed by atoms with E-state index in [0.717, 1.165) is 24.5 Å².